The molecule has 0 amide bonds. The first kappa shape index (κ1) is 13.8. The van der Waals surface area contributed by atoms with Gasteiger partial charge in [-0.3, -0.25) is 0 Å². The molecule has 0 saturated heterocycles. The molecule has 1 aromatic carbocycles. The fraction of sp³-hybridized carbons (Fsp3) is 0.312. The van der Waals surface area contributed by atoms with E-state index in [1.807, 2.05) is 12.1 Å². The van der Waals surface area contributed by atoms with E-state index >= 15 is 0 Å². The van der Waals surface area contributed by atoms with Gasteiger partial charge in [-0.1, -0.05) is 66.8 Å². The summed E-state index contributed by atoms with van der Waals surface area (Å²) in [6, 6.07) is 10.5. The topological polar surface area (TPSA) is 26.3 Å². The summed E-state index contributed by atoms with van der Waals surface area (Å²) < 4.78 is 4.93. The van der Waals surface area contributed by atoms with E-state index in [0.717, 1.165) is 12.0 Å². The standard InChI is InChI=1S/C16H20O2Si/c1-18-16(17)14-11-7-8-12-15(14)19(2,3)13-9-5-4-6-10-13/h4-6,8-12,15H,7H2,1-3H3. The minimum absolute atomic E-state index is 0.189. The van der Waals surface area contributed by atoms with E-state index in [-0.39, 0.29) is 11.5 Å². The molecular formula is C16H20O2Si. The normalized spacial score (nSPS) is 18.9. The number of methoxy groups -OCH3 is 1. The van der Waals surface area contributed by atoms with Crippen LogP contribution < -0.4 is 5.19 Å². The molecule has 1 unspecified atom stereocenters. The van der Waals surface area contributed by atoms with E-state index in [2.05, 4.69) is 49.5 Å². The number of benzene rings is 1. The van der Waals surface area contributed by atoms with Crippen molar-refractivity contribution in [2.75, 3.05) is 7.11 Å². The summed E-state index contributed by atoms with van der Waals surface area (Å²) in [5, 5.41) is 1.36. The third kappa shape index (κ3) is 2.71. The van der Waals surface area contributed by atoms with Crippen LogP contribution in [0.5, 0.6) is 0 Å². The molecule has 1 aliphatic rings. The maximum atomic E-state index is 12.0. The molecule has 1 aromatic rings. The minimum atomic E-state index is -1.78. The second kappa shape index (κ2) is 5.57. The summed E-state index contributed by atoms with van der Waals surface area (Å²) in [6.07, 6.45) is 7.16. The van der Waals surface area contributed by atoms with Crippen LogP contribution in [0.1, 0.15) is 6.42 Å². The van der Waals surface area contributed by atoms with Crippen molar-refractivity contribution in [3.63, 3.8) is 0 Å². The van der Waals surface area contributed by atoms with E-state index in [0.29, 0.717) is 0 Å². The Bertz CT molecular complexity index is 515. The first-order chi connectivity index (χ1) is 9.07. The molecule has 19 heavy (non-hydrogen) atoms. The van der Waals surface area contributed by atoms with Gasteiger partial charge in [0.25, 0.3) is 0 Å². The number of rotatable bonds is 3. The lowest BCUT2D eigenvalue weighted by atomic mass is 10.1. The van der Waals surface area contributed by atoms with Crippen LogP contribution in [0.3, 0.4) is 0 Å². The van der Waals surface area contributed by atoms with E-state index in [4.69, 9.17) is 4.74 Å². The van der Waals surface area contributed by atoms with Gasteiger partial charge < -0.3 is 4.74 Å². The van der Waals surface area contributed by atoms with Crippen molar-refractivity contribution in [1.29, 1.82) is 0 Å². The molecular weight excluding hydrogens is 252 g/mol. The summed E-state index contributed by atoms with van der Waals surface area (Å²) in [7, 11) is -0.323. The maximum absolute atomic E-state index is 12.0. The third-order valence-corrected chi connectivity index (χ3v) is 7.73. The molecule has 0 aliphatic heterocycles. The number of hydrogen-bond acceptors (Lipinski definition) is 2. The molecule has 0 spiro atoms. The van der Waals surface area contributed by atoms with Gasteiger partial charge in [0.2, 0.25) is 0 Å². The highest BCUT2D eigenvalue weighted by Gasteiger charge is 2.37. The fourth-order valence-electron chi connectivity index (χ4n) is 2.65. The van der Waals surface area contributed by atoms with Crippen molar-refractivity contribution in [3.05, 3.63) is 54.1 Å². The van der Waals surface area contributed by atoms with Gasteiger partial charge in [0.05, 0.1) is 15.2 Å². The molecule has 0 bridgehead atoms. The van der Waals surface area contributed by atoms with Gasteiger partial charge >= 0.3 is 5.97 Å². The molecule has 0 fully saturated rings. The predicted octanol–water partition coefficient (Wildman–Crippen LogP) is 3.03. The highest BCUT2D eigenvalue weighted by Crippen LogP contribution is 2.34. The average molecular weight is 272 g/mol. The number of carbonyl (C=O) groups is 1. The summed E-state index contributed by atoms with van der Waals surface area (Å²) in [5.41, 5.74) is 1.02. The fourth-order valence-corrected chi connectivity index (χ4v) is 5.69. The molecule has 0 heterocycles. The molecule has 2 rings (SSSR count). The summed E-state index contributed by atoms with van der Waals surface area (Å²) >= 11 is 0. The number of ether oxygens (including phenoxy) is 1. The Labute approximate surface area is 115 Å². The highest BCUT2D eigenvalue weighted by molar-refractivity contribution is 6.92. The number of hydrogen-bond donors (Lipinski definition) is 0. The quantitative estimate of drug-likeness (QED) is 0.480. The van der Waals surface area contributed by atoms with Crippen LogP contribution in [-0.2, 0) is 9.53 Å². The zero-order valence-electron chi connectivity index (χ0n) is 11.7. The Kier molecular flexibility index (Phi) is 4.05. The van der Waals surface area contributed by atoms with E-state index < -0.39 is 8.07 Å². The zero-order chi connectivity index (χ0) is 13.9. The van der Waals surface area contributed by atoms with Crippen LogP contribution in [0.25, 0.3) is 0 Å². The van der Waals surface area contributed by atoms with Crippen LogP contribution >= 0.6 is 0 Å². The van der Waals surface area contributed by atoms with Gasteiger partial charge in [-0.25, -0.2) is 4.79 Å². The summed E-state index contributed by atoms with van der Waals surface area (Å²) in [6.45, 7) is 4.61. The minimum Gasteiger partial charge on any atom is -0.466 e. The molecule has 0 saturated carbocycles. The Hall–Kier alpha value is -1.61. The molecule has 3 heteroatoms. The first-order valence-electron chi connectivity index (χ1n) is 6.58. The number of esters is 1. The van der Waals surface area contributed by atoms with Crippen LogP contribution in [0.2, 0.25) is 18.6 Å². The van der Waals surface area contributed by atoms with Crippen molar-refractivity contribution in [2.24, 2.45) is 0 Å². The van der Waals surface area contributed by atoms with Gasteiger partial charge in [0.1, 0.15) is 0 Å². The van der Waals surface area contributed by atoms with Crippen molar-refractivity contribution in [3.8, 4) is 0 Å². The van der Waals surface area contributed by atoms with Crippen molar-refractivity contribution >= 4 is 19.2 Å². The predicted molar refractivity (Wildman–Crippen MR) is 81.2 cm³/mol. The largest absolute Gasteiger partial charge is 0.466 e. The lowest BCUT2D eigenvalue weighted by Crippen LogP contribution is -2.47. The van der Waals surface area contributed by atoms with E-state index in [9.17, 15) is 4.79 Å². The van der Waals surface area contributed by atoms with Crippen LogP contribution in [0.4, 0.5) is 0 Å². The Morgan fingerprint density at radius 2 is 1.95 bits per heavy atom. The van der Waals surface area contributed by atoms with Gasteiger partial charge in [0.15, 0.2) is 0 Å². The summed E-state index contributed by atoms with van der Waals surface area (Å²) in [5.74, 6) is -0.189. The van der Waals surface area contributed by atoms with Crippen LogP contribution in [0, 0.1) is 0 Å². The Balaban J connectivity index is 2.38. The molecule has 0 radical (unpaired) electrons. The molecule has 2 nitrogen and oxygen atoms in total. The molecule has 1 aliphatic carbocycles. The van der Waals surface area contributed by atoms with Crippen molar-refractivity contribution in [2.45, 2.75) is 25.1 Å². The van der Waals surface area contributed by atoms with Crippen molar-refractivity contribution < 1.29 is 9.53 Å². The lowest BCUT2D eigenvalue weighted by molar-refractivity contribution is -0.136. The summed E-state index contributed by atoms with van der Waals surface area (Å²) in [4.78, 5) is 12.0. The molecule has 100 valence electrons. The van der Waals surface area contributed by atoms with E-state index in [1.165, 1.54) is 12.3 Å². The molecule has 0 N–H and O–H groups in total. The Morgan fingerprint density at radius 1 is 1.26 bits per heavy atom. The third-order valence-electron chi connectivity index (χ3n) is 3.85. The average Bonchev–Trinajstić information content (AvgIpc) is 2.47. The van der Waals surface area contributed by atoms with Crippen LogP contribution in [0.15, 0.2) is 54.1 Å². The molecule has 0 aromatic heterocycles. The van der Waals surface area contributed by atoms with E-state index in [1.54, 1.807) is 0 Å². The lowest BCUT2D eigenvalue weighted by Gasteiger charge is -2.33. The van der Waals surface area contributed by atoms with Gasteiger partial charge in [-0.15, -0.1) is 0 Å². The SMILES string of the molecule is COC(=O)C1=CCC=CC1[Si](C)(C)c1ccccc1. The smallest absolute Gasteiger partial charge is 0.333 e. The van der Waals surface area contributed by atoms with Gasteiger partial charge in [-0.05, 0) is 6.42 Å². The number of carbonyl (C=O) groups excluding carboxylic acids is 1. The second-order valence-corrected chi connectivity index (χ2v) is 10.0. The first-order valence-corrected chi connectivity index (χ1v) is 9.65. The van der Waals surface area contributed by atoms with Crippen molar-refractivity contribution in [1.82, 2.24) is 0 Å². The number of allylic oxidation sites excluding steroid dienone is 3. The zero-order valence-corrected chi connectivity index (χ0v) is 12.7. The van der Waals surface area contributed by atoms with Crippen LogP contribution in [-0.4, -0.2) is 21.2 Å². The highest BCUT2D eigenvalue weighted by atomic mass is 28.3. The monoisotopic (exact) mass is 272 g/mol. The second-order valence-electron chi connectivity index (χ2n) is 5.38. The van der Waals surface area contributed by atoms with Gasteiger partial charge in [-0.2, -0.15) is 0 Å². The molecule has 1 atom stereocenters. The van der Waals surface area contributed by atoms with Gasteiger partial charge in [0, 0.05) is 11.1 Å². The maximum Gasteiger partial charge on any atom is 0.333 e. The Morgan fingerprint density at radius 3 is 2.58 bits per heavy atom.